The van der Waals surface area contributed by atoms with Crippen molar-refractivity contribution in [3.8, 4) is 0 Å². The molecule has 0 unspecified atom stereocenters. The van der Waals surface area contributed by atoms with Crippen molar-refractivity contribution >= 4 is 17.4 Å². The molecule has 0 atom stereocenters. The van der Waals surface area contributed by atoms with Gasteiger partial charge in [-0.2, -0.15) is 0 Å². The highest BCUT2D eigenvalue weighted by Gasteiger charge is 2.19. The first-order valence-electron chi connectivity index (χ1n) is 5.62. The van der Waals surface area contributed by atoms with Gasteiger partial charge in [0.15, 0.2) is 0 Å². The highest BCUT2D eigenvalue weighted by atomic mass is 16.3. The molecule has 0 fully saturated rings. The third-order valence-electron chi connectivity index (χ3n) is 2.05. The molecule has 96 valence electrons. The number of carbonyl (C=O) groups is 2. The van der Waals surface area contributed by atoms with Crippen LogP contribution in [0.3, 0.4) is 0 Å². The maximum absolute atomic E-state index is 11.6. The van der Waals surface area contributed by atoms with Crippen molar-refractivity contribution in [2.45, 2.75) is 26.3 Å². The predicted octanol–water partition coefficient (Wildman–Crippen LogP) is 2.07. The van der Waals surface area contributed by atoms with E-state index in [9.17, 15) is 14.7 Å². The topological polar surface area (TPSA) is 66.4 Å². The van der Waals surface area contributed by atoms with Crippen molar-refractivity contribution in [2.24, 2.45) is 0 Å². The molecule has 4 heteroatoms. The number of carbonyl (C=O) groups excluding carboxylic acids is 2. The fraction of sp³-hybridized carbons (Fsp3) is 0.286. The Bertz CT molecular complexity index is 470. The number of ketones is 1. The van der Waals surface area contributed by atoms with Crippen molar-refractivity contribution in [1.82, 2.24) is 5.32 Å². The number of nitrogens with one attached hydrogen (secondary N) is 1. The van der Waals surface area contributed by atoms with Crippen LogP contribution in [0, 0.1) is 0 Å². The summed E-state index contributed by atoms with van der Waals surface area (Å²) in [6.07, 6.45) is 0.927. The maximum atomic E-state index is 11.6. The minimum absolute atomic E-state index is 0.218. The summed E-state index contributed by atoms with van der Waals surface area (Å²) in [5.41, 5.74) is 0.0116. The van der Waals surface area contributed by atoms with Gasteiger partial charge in [-0.05, 0) is 20.8 Å². The largest absolute Gasteiger partial charge is 0.507 e. The van der Waals surface area contributed by atoms with Crippen molar-refractivity contribution in [3.05, 3.63) is 42.0 Å². The van der Waals surface area contributed by atoms with Crippen LogP contribution in [0.4, 0.5) is 0 Å². The average molecular weight is 247 g/mol. The number of hydrogen-bond acceptors (Lipinski definition) is 3. The Morgan fingerprint density at radius 3 is 2.22 bits per heavy atom. The van der Waals surface area contributed by atoms with Gasteiger partial charge in [0.1, 0.15) is 5.76 Å². The number of hydrogen-bond donors (Lipinski definition) is 2. The number of rotatable bonds is 3. The maximum Gasteiger partial charge on any atom is 0.292 e. The lowest BCUT2D eigenvalue weighted by Gasteiger charge is -2.19. The molecule has 0 aromatic heterocycles. The molecule has 0 aliphatic rings. The van der Waals surface area contributed by atoms with Gasteiger partial charge < -0.3 is 10.4 Å². The number of aliphatic hydroxyl groups is 1. The first-order valence-corrected chi connectivity index (χ1v) is 5.62. The molecule has 0 spiro atoms. The van der Waals surface area contributed by atoms with Crippen LogP contribution in [0.2, 0.25) is 0 Å². The van der Waals surface area contributed by atoms with Crippen LogP contribution in [-0.2, 0) is 9.59 Å². The van der Waals surface area contributed by atoms with E-state index in [4.69, 9.17) is 0 Å². The molecule has 0 saturated carbocycles. The first kappa shape index (κ1) is 14.0. The van der Waals surface area contributed by atoms with E-state index in [-0.39, 0.29) is 5.76 Å². The van der Waals surface area contributed by atoms with Gasteiger partial charge in [0, 0.05) is 17.2 Å². The summed E-state index contributed by atoms with van der Waals surface area (Å²) in [5, 5.41) is 12.2. The molecule has 4 nitrogen and oxygen atoms in total. The van der Waals surface area contributed by atoms with E-state index in [1.807, 2.05) is 0 Å². The van der Waals surface area contributed by atoms with Crippen LogP contribution in [0.1, 0.15) is 26.3 Å². The van der Waals surface area contributed by atoms with Crippen molar-refractivity contribution in [3.63, 3.8) is 0 Å². The van der Waals surface area contributed by atoms with Gasteiger partial charge in [-0.1, -0.05) is 30.3 Å². The Hall–Kier alpha value is -2.10. The van der Waals surface area contributed by atoms with Crippen LogP contribution in [0.5, 0.6) is 0 Å². The molecule has 0 bridgehead atoms. The van der Waals surface area contributed by atoms with Crippen molar-refractivity contribution < 1.29 is 14.7 Å². The van der Waals surface area contributed by atoms with Gasteiger partial charge in [0.25, 0.3) is 5.91 Å². The zero-order valence-electron chi connectivity index (χ0n) is 10.7. The standard InChI is InChI=1S/C14H17NO3/c1-14(2,3)15-13(18)12(17)9-11(16)10-7-5-4-6-8-10/h4-9,16H,1-3H3,(H,15,18)/b11-9-. The molecule has 1 aromatic rings. The summed E-state index contributed by atoms with van der Waals surface area (Å²) in [6.45, 7) is 5.33. The van der Waals surface area contributed by atoms with Crippen LogP contribution in [0.25, 0.3) is 5.76 Å². The summed E-state index contributed by atoms with van der Waals surface area (Å²) >= 11 is 0. The van der Waals surface area contributed by atoms with Gasteiger partial charge in [0.05, 0.1) is 0 Å². The third-order valence-corrected chi connectivity index (χ3v) is 2.05. The molecule has 18 heavy (non-hydrogen) atoms. The molecule has 0 saturated heterocycles. The average Bonchev–Trinajstić information content (AvgIpc) is 2.27. The molecule has 0 aliphatic carbocycles. The van der Waals surface area contributed by atoms with Crippen molar-refractivity contribution in [2.75, 3.05) is 0 Å². The predicted molar refractivity (Wildman–Crippen MR) is 70.0 cm³/mol. The zero-order chi connectivity index (χ0) is 13.8. The van der Waals surface area contributed by atoms with E-state index in [1.54, 1.807) is 51.1 Å². The van der Waals surface area contributed by atoms with Gasteiger partial charge >= 0.3 is 0 Å². The summed E-state index contributed by atoms with van der Waals surface area (Å²) < 4.78 is 0. The van der Waals surface area contributed by atoms with E-state index in [1.165, 1.54) is 0 Å². The number of benzene rings is 1. The van der Waals surface area contributed by atoms with Gasteiger partial charge in [-0.15, -0.1) is 0 Å². The number of amides is 1. The lowest BCUT2D eigenvalue weighted by molar-refractivity contribution is -0.136. The molecule has 2 N–H and O–H groups in total. The molecule has 1 aromatic carbocycles. The van der Waals surface area contributed by atoms with Crippen molar-refractivity contribution in [1.29, 1.82) is 0 Å². The summed E-state index contributed by atoms with van der Waals surface area (Å²) in [7, 11) is 0. The molecule has 0 aliphatic heterocycles. The van der Waals surface area contributed by atoms with E-state index >= 15 is 0 Å². The van der Waals surface area contributed by atoms with Gasteiger partial charge in [-0.25, -0.2) is 0 Å². The third kappa shape index (κ3) is 4.41. The van der Waals surface area contributed by atoms with E-state index < -0.39 is 17.2 Å². The number of aliphatic hydroxyl groups excluding tert-OH is 1. The summed E-state index contributed by atoms with van der Waals surface area (Å²) in [4.78, 5) is 23.1. The zero-order valence-corrected chi connectivity index (χ0v) is 10.7. The SMILES string of the molecule is CC(C)(C)NC(=O)C(=O)/C=C(\O)c1ccccc1. The highest BCUT2D eigenvalue weighted by Crippen LogP contribution is 2.10. The van der Waals surface area contributed by atoms with Crippen LogP contribution < -0.4 is 5.32 Å². The Balaban J connectivity index is 2.78. The van der Waals surface area contributed by atoms with Crippen LogP contribution >= 0.6 is 0 Å². The lowest BCUT2D eigenvalue weighted by Crippen LogP contribution is -2.43. The molecule has 1 rings (SSSR count). The normalized spacial score (nSPS) is 12.1. The van der Waals surface area contributed by atoms with Gasteiger partial charge in [0.2, 0.25) is 5.78 Å². The smallest absolute Gasteiger partial charge is 0.292 e. The summed E-state index contributed by atoms with van der Waals surface area (Å²) in [5.74, 6) is -1.72. The molecule has 1 amide bonds. The van der Waals surface area contributed by atoms with Crippen LogP contribution in [0.15, 0.2) is 36.4 Å². The Kier molecular flexibility index (Phi) is 4.26. The fourth-order valence-electron chi connectivity index (χ4n) is 1.28. The second kappa shape index (κ2) is 5.49. The van der Waals surface area contributed by atoms with Crippen LogP contribution in [-0.4, -0.2) is 22.3 Å². The minimum atomic E-state index is -0.772. The Morgan fingerprint density at radius 1 is 1.17 bits per heavy atom. The highest BCUT2D eigenvalue weighted by molar-refractivity contribution is 6.41. The molecule has 0 heterocycles. The minimum Gasteiger partial charge on any atom is -0.507 e. The summed E-state index contributed by atoms with van der Waals surface area (Å²) in [6, 6.07) is 8.57. The monoisotopic (exact) mass is 247 g/mol. The van der Waals surface area contributed by atoms with E-state index in [2.05, 4.69) is 5.32 Å². The lowest BCUT2D eigenvalue weighted by atomic mass is 10.1. The molecular weight excluding hydrogens is 230 g/mol. The second-order valence-electron chi connectivity index (χ2n) is 4.96. The first-order chi connectivity index (χ1) is 8.29. The van der Waals surface area contributed by atoms with E-state index in [0.717, 1.165) is 6.08 Å². The fourth-order valence-corrected chi connectivity index (χ4v) is 1.28. The quantitative estimate of drug-likeness (QED) is 0.488. The van der Waals surface area contributed by atoms with Gasteiger partial charge in [-0.3, -0.25) is 9.59 Å². The Morgan fingerprint density at radius 2 is 1.72 bits per heavy atom. The Labute approximate surface area is 106 Å². The second-order valence-corrected chi connectivity index (χ2v) is 4.96. The molecular formula is C14H17NO3. The van der Waals surface area contributed by atoms with E-state index in [0.29, 0.717) is 5.56 Å². The molecule has 0 radical (unpaired) electrons.